The van der Waals surface area contributed by atoms with Crippen molar-refractivity contribution < 1.29 is 18.7 Å². The fourth-order valence-electron chi connectivity index (χ4n) is 2.04. The number of anilines is 1. The van der Waals surface area contributed by atoms with Crippen LogP contribution in [0.2, 0.25) is 10.0 Å². The van der Waals surface area contributed by atoms with E-state index in [1.54, 1.807) is 30.3 Å². The molecule has 2 aromatic carbocycles. The number of oxazole rings is 1. The molecule has 0 bridgehead atoms. The van der Waals surface area contributed by atoms with Crippen LogP contribution in [-0.2, 0) is 9.53 Å². The first-order valence-electron chi connectivity index (χ1n) is 6.79. The Hall–Kier alpha value is -2.57. The molecular weight excluding hydrogens is 355 g/mol. The summed E-state index contributed by atoms with van der Waals surface area (Å²) < 4.78 is 10.1. The first-order valence-corrected chi connectivity index (χ1v) is 7.54. The molecule has 0 unspecified atom stereocenters. The highest BCUT2D eigenvalue weighted by Crippen LogP contribution is 2.25. The van der Waals surface area contributed by atoms with Crippen molar-refractivity contribution in [2.75, 3.05) is 11.9 Å². The zero-order valence-corrected chi connectivity index (χ0v) is 13.6. The van der Waals surface area contributed by atoms with E-state index < -0.39 is 18.5 Å². The highest BCUT2D eigenvalue weighted by Gasteiger charge is 2.16. The second-order valence-electron chi connectivity index (χ2n) is 4.75. The lowest BCUT2D eigenvalue weighted by molar-refractivity contribution is -0.119. The normalized spacial score (nSPS) is 10.6. The van der Waals surface area contributed by atoms with Crippen molar-refractivity contribution in [3.8, 4) is 0 Å². The quantitative estimate of drug-likeness (QED) is 0.709. The summed E-state index contributed by atoms with van der Waals surface area (Å²) in [5.41, 5.74) is 1.39. The SMILES string of the molecule is O=C(COC(=O)c1cccc2ocnc12)Nc1cc(Cl)ccc1Cl. The molecule has 0 aliphatic carbocycles. The summed E-state index contributed by atoms with van der Waals surface area (Å²) in [5, 5.41) is 3.27. The molecule has 24 heavy (non-hydrogen) atoms. The summed E-state index contributed by atoms with van der Waals surface area (Å²) >= 11 is 11.8. The number of esters is 1. The van der Waals surface area contributed by atoms with E-state index in [1.807, 2.05) is 0 Å². The molecule has 0 saturated heterocycles. The minimum atomic E-state index is -0.679. The fraction of sp³-hybridized carbons (Fsp3) is 0.0625. The van der Waals surface area contributed by atoms with Gasteiger partial charge in [0.25, 0.3) is 5.91 Å². The Labute approximate surface area is 146 Å². The molecule has 3 rings (SSSR count). The molecule has 122 valence electrons. The summed E-state index contributed by atoms with van der Waals surface area (Å²) in [6, 6.07) is 9.50. The number of carbonyl (C=O) groups excluding carboxylic acids is 2. The molecule has 1 N–H and O–H groups in total. The number of para-hydroxylation sites is 1. The van der Waals surface area contributed by atoms with Crippen LogP contribution in [0.15, 0.2) is 47.2 Å². The first-order chi connectivity index (χ1) is 11.5. The minimum absolute atomic E-state index is 0.217. The van der Waals surface area contributed by atoms with Crippen LogP contribution in [0.25, 0.3) is 11.1 Å². The maximum atomic E-state index is 12.1. The zero-order valence-electron chi connectivity index (χ0n) is 12.1. The molecule has 8 heteroatoms. The molecule has 0 fully saturated rings. The second-order valence-corrected chi connectivity index (χ2v) is 5.60. The van der Waals surface area contributed by atoms with E-state index >= 15 is 0 Å². The van der Waals surface area contributed by atoms with E-state index in [9.17, 15) is 9.59 Å². The Morgan fingerprint density at radius 2 is 2.04 bits per heavy atom. The number of hydrogen-bond donors (Lipinski definition) is 1. The van der Waals surface area contributed by atoms with Gasteiger partial charge >= 0.3 is 5.97 Å². The summed E-state index contributed by atoms with van der Waals surface area (Å²) in [7, 11) is 0. The number of carbonyl (C=O) groups is 2. The molecule has 1 aromatic heterocycles. The zero-order chi connectivity index (χ0) is 17.1. The van der Waals surface area contributed by atoms with Crippen molar-refractivity contribution in [1.29, 1.82) is 0 Å². The van der Waals surface area contributed by atoms with Gasteiger partial charge in [-0.05, 0) is 30.3 Å². The number of aromatic nitrogens is 1. The van der Waals surface area contributed by atoms with Gasteiger partial charge in [0.05, 0.1) is 16.3 Å². The smallest absolute Gasteiger partial charge is 0.340 e. The van der Waals surface area contributed by atoms with Crippen molar-refractivity contribution in [3.05, 3.63) is 58.4 Å². The molecule has 3 aromatic rings. The van der Waals surface area contributed by atoms with Gasteiger partial charge in [0.2, 0.25) is 0 Å². The summed E-state index contributed by atoms with van der Waals surface area (Å²) in [5.74, 6) is -1.22. The maximum Gasteiger partial charge on any atom is 0.340 e. The largest absolute Gasteiger partial charge is 0.452 e. The lowest BCUT2D eigenvalue weighted by atomic mass is 10.2. The van der Waals surface area contributed by atoms with Crippen molar-refractivity contribution >= 4 is 51.9 Å². The Morgan fingerprint density at radius 1 is 1.21 bits per heavy atom. The molecule has 0 atom stereocenters. The van der Waals surface area contributed by atoms with Gasteiger partial charge in [-0.1, -0.05) is 29.3 Å². The van der Waals surface area contributed by atoms with Gasteiger partial charge in [0, 0.05) is 5.02 Å². The summed E-state index contributed by atoms with van der Waals surface area (Å²) in [6.07, 6.45) is 1.23. The van der Waals surface area contributed by atoms with Crippen LogP contribution < -0.4 is 5.32 Å². The van der Waals surface area contributed by atoms with E-state index in [1.165, 1.54) is 12.5 Å². The molecule has 6 nitrogen and oxygen atoms in total. The van der Waals surface area contributed by atoms with Gasteiger partial charge < -0.3 is 14.5 Å². The van der Waals surface area contributed by atoms with E-state index in [0.717, 1.165) is 0 Å². The Morgan fingerprint density at radius 3 is 2.88 bits per heavy atom. The molecule has 1 amide bonds. The number of benzene rings is 2. The number of amides is 1. The molecule has 0 spiro atoms. The third kappa shape index (κ3) is 3.50. The Balaban J connectivity index is 1.65. The number of ether oxygens (including phenoxy) is 1. The molecule has 0 saturated carbocycles. The molecule has 0 aliphatic heterocycles. The summed E-state index contributed by atoms with van der Waals surface area (Å²) in [6.45, 7) is -0.476. The van der Waals surface area contributed by atoms with Crippen molar-refractivity contribution in [3.63, 3.8) is 0 Å². The number of nitrogens with zero attached hydrogens (tertiary/aromatic N) is 1. The highest BCUT2D eigenvalue weighted by atomic mass is 35.5. The minimum Gasteiger partial charge on any atom is -0.452 e. The monoisotopic (exact) mass is 364 g/mol. The van der Waals surface area contributed by atoms with E-state index in [2.05, 4.69) is 10.3 Å². The average molecular weight is 365 g/mol. The van der Waals surface area contributed by atoms with E-state index in [4.69, 9.17) is 32.4 Å². The van der Waals surface area contributed by atoms with Crippen LogP contribution in [0.5, 0.6) is 0 Å². The number of hydrogen-bond acceptors (Lipinski definition) is 5. The predicted octanol–water partition coefficient (Wildman–Crippen LogP) is 3.93. The van der Waals surface area contributed by atoms with Crippen LogP contribution in [0.3, 0.4) is 0 Å². The Bertz CT molecular complexity index is 923. The van der Waals surface area contributed by atoms with Gasteiger partial charge in [-0.3, -0.25) is 4.79 Å². The number of halogens is 2. The second kappa shape index (κ2) is 6.90. The van der Waals surface area contributed by atoms with E-state index in [0.29, 0.717) is 26.8 Å². The Kier molecular flexibility index (Phi) is 4.69. The molecule has 1 heterocycles. The van der Waals surface area contributed by atoms with Gasteiger partial charge in [-0.2, -0.15) is 0 Å². The van der Waals surface area contributed by atoms with Gasteiger partial charge in [-0.25, -0.2) is 9.78 Å². The maximum absolute atomic E-state index is 12.1. The molecule has 0 aliphatic rings. The number of fused-ring (bicyclic) bond motifs is 1. The predicted molar refractivity (Wildman–Crippen MR) is 89.4 cm³/mol. The average Bonchev–Trinajstić information content (AvgIpc) is 3.04. The standard InChI is InChI=1S/C16H10Cl2N2O4/c17-9-4-5-11(18)12(6-9)20-14(21)7-23-16(22)10-2-1-3-13-15(10)19-8-24-13/h1-6,8H,7H2,(H,20,21). The van der Waals surface area contributed by atoms with E-state index in [-0.39, 0.29) is 5.56 Å². The van der Waals surface area contributed by atoms with Crippen molar-refractivity contribution in [2.24, 2.45) is 0 Å². The molecular formula is C16H10Cl2N2O4. The van der Waals surface area contributed by atoms with Crippen molar-refractivity contribution in [1.82, 2.24) is 4.98 Å². The summed E-state index contributed by atoms with van der Waals surface area (Å²) in [4.78, 5) is 28.0. The number of nitrogens with one attached hydrogen (secondary N) is 1. The van der Waals surface area contributed by atoms with Gasteiger partial charge in [-0.15, -0.1) is 0 Å². The van der Waals surface area contributed by atoms with Crippen LogP contribution >= 0.6 is 23.2 Å². The lowest BCUT2D eigenvalue weighted by Gasteiger charge is -2.08. The number of rotatable bonds is 4. The van der Waals surface area contributed by atoms with Crippen LogP contribution in [0.1, 0.15) is 10.4 Å². The lowest BCUT2D eigenvalue weighted by Crippen LogP contribution is -2.21. The van der Waals surface area contributed by atoms with Gasteiger partial charge in [0.1, 0.15) is 5.52 Å². The van der Waals surface area contributed by atoms with Crippen molar-refractivity contribution in [2.45, 2.75) is 0 Å². The highest BCUT2D eigenvalue weighted by molar-refractivity contribution is 6.35. The third-order valence-electron chi connectivity index (χ3n) is 3.12. The topological polar surface area (TPSA) is 81.4 Å². The third-order valence-corrected chi connectivity index (χ3v) is 3.68. The fourth-order valence-corrected chi connectivity index (χ4v) is 2.38. The van der Waals surface area contributed by atoms with Crippen LogP contribution in [0, 0.1) is 0 Å². The first kappa shape index (κ1) is 16.3. The molecule has 0 radical (unpaired) electrons. The van der Waals surface area contributed by atoms with Crippen LogP contribution in [-0.4, -0.2) is 23.5 Å². The van der Waals surface area contributed by atoms with Crippen LogP contribution in [0.4, 0.5) is 5.69 Å². The van der Waals surface area contributed by atoms with Gasteiger partial charge in [0.15, 0.2) is 18.6 Å².